The standard InChI is InChI=1S/C17H16Cl2N2O3S/c1-10-8-13(17(20)22)12-4-2-3-5-16(12)21(10)25(23,24)11-6-7-14(18)15(19)9-11/h2-7,9-10,13H,8H2,1H3,(H2,20,22). The van der Waals surface area contributed by atoms with Crippen molar-refractivity contribution in [1.82, 2.24) is 0 Å². The smallest absolute Gasteiger partial charge is 0.264 e. The van der Waals surface area contributed by atoms with Gasteiger partial charge in [0.25, 0.3) is 10.0 Å². The molecule has 1 amide bonds. The Hall–Kier alpha value is -1.76. The number of sulfonamides is 1. The van der Waals surface area contributed by atoms with Crippen LogP contribution in [0.15, 0.2) is 47.4 Å². The molecule has 0 fully saturated rings. The zero-order valence-electron chi connectivity index (χ0n) is 13.3. The molecular weight excluding hydrogens is 383 g/mol. The fourth-order valence-corrected chi connectivity index (χ4v) is 5.25. The summed E-state index contributed by atoms with van der Waals surface area (Å²) in [7, 11) is -3.87. The number of para-hydroxylation sites is 1. The van der Waals surface area contributed by atoms with Crippen molar-refractivity contribution in [2.75, 3.05) is 4.31 Å². The molecule has 2 atom stereocenters. The van der Waals surface area contributed by atoms with E-state index in [4.69, 9.17) is 28.9 Å². The third-order valence-electron chi connectivity index (χ3n) is 4.32. The molecule has 132 valence electrons. The summed E-state index contributed by atoms with van der Waals surface area (Å²) >= 11 is 11.9. The van der Waals surface area contributed by atoms with Crippen molar-refractivity contribution < 1.29 is 13.2 Å². The van der Waals surface area contributed by atoms with E-state index in [-0.39, 0.29) is 14.9 Å². The van der Waals surface area contributed by atoms with Crippen molar-refractivity contribution in [2.45, 2.75) is 30.2 Å². The Labute approximate surface area is 156 Å². The number of nitrogens with two attached hydrogens (primary N) is 1. The van der Waals surface area contributed by atoms with Crippen LogP contribution in [0.25, 0.3) is 0 Å². The molecule has 0 spiro atoms. The van der Waals surface area contributed by atoms with Gasteiger partial charge in [-0.25, -0.2) is 8.42 Å². The fourth-order valence-electron chi connectivity index (χ4n) is 3.17. The van der Waals surface area contributed by atoms with Crippen molar-refractivity contribution in [3.63, 3.8) is 0 Å². The number of rotatable bonds is 3. The van der Waals surface area contributed by atoms with Gasteiger partial charge in [0, 0.05) is 6.04 Å². The average Bonchev–Trinajstić information content (AvgIpc) is 2.56. The van der Waals surface area contributed by atoms with Gasteiger partial charge in [-0.15, -0.1) is 0 Å². The number of amides is 1. The highest BCUT2D eigenvalue weighted by Gasteiger charge is 2.39. The quantitative estimate of drug-likeness (QED) is 0.857. The predicted octanol–water partition coefficient (Wildman–Crippen LogP) is 3.55. The summed E-state index contributed by atoms with van der Waals surface area (Å²) < 4.78 is 27.7. The van der Waals surface area contributed by atoms with E-state index in [0.29, 0.717) is 17.7 Å². The lowest BCUT2D eigenvalue weighted by Gasteiger charge is -2.38. The lowest BCUT2D eigenvalue weighted by molar-refractivity contribution is -0.119. The number of benzene rings is 2. The van der Waals surface area contributed by atoms with Gasteiger partial charge < -0.3 is 5.73 Å². The van der Waals surface area contributed by atoms with Crippen LogP contribution in [-0.2, 0) is 14.8 Å². The summed E-state index contributed by atoms with van der Waals surface area (Å²) in [6.07, 6.45) is 0.312. The van der Waals surface area contributed by atoms with E-state index < -0.39 is 27.9 Å². The molecule has 8 heteroatoms. The van der Waals surface area contributed by atoms with Crippen molar-refractivity contribution in [3.8, 4) is 0 Å². The van der Waals surface area contributed by atoms with Gasteiger partial charge in [-0.05, 0) is 43.2 Å². The summed E-state index contributed by atoms with van der Waals surface area (Å²) in [5, 5.41) is 0.442. The van der Waals surface area contributed by atoms with Crippen LogP contribution in [0.5, 0.6) is 0 Å². The molecule has 2 N–H and O–H groups in total. The number of nitrogens with zero attached hydrogens (tertiary/aromatic N) is 1. The third kappa shape index (κ3) is 3.10. The third-order valence-corrected chi connectivity index (χ3v) is 6.98. The summed E-state index contributed by atoms with van der Waals surface area (Å²) in [6, 6.07) is 10.6. The Balaban J connectivity index is 2.16. The highest BCUT2D eigenvalue weighted by atomic mass is 35.5. The molecule has 2 aromatic carbocycles. The maximum Gasteiger partial charge on any atom is 0.264 e. The number of hydrogen-bond donors (Lipinski definition) is 1. The van der Waals surface area contributed by atoms with Gasteiger partial charge in [-0.3, -0.25) is 9.10 Å². The lowest BCUT2D eigenvalue weighted by atomic mass is 9.87. The molecule has 25 heavy (non-hydrogen) atoms. The second kappa shape index (κ2) is 6.52. The Bertz CT molecular complexity index is 947. The minimum atomic E-state index is -3.87. The van der Waals surface area contributed by atoms with Crippen molar-refractivity contribution in [1.29, 1.82) is 0 Å². The number of fused-ring (bicyclic) bond motifs is 1. The maximum atomic E-state index is 13.2. The molecule has 0 saturated carbocycles. The first-order valence-corrected chi connectivity index (χ1v) is 9.81. The molecular formula is C17H16Cl2N2O3S. The first-order chi connectivity index (χ1) is 11.7. The van der Waals surface area contributed by atoms with Gasteiger partial charge in [0.15, 0.2) is 0 Å². The minimum Gasteiger partial charge on any atom is -0.369 e. The molecule has 1 aliphatic heterocycles. The van der Waals surface area contributed by atoms with Crippen LogP contribution < -0.4 is 10.0 Å². The van der Waals surface area contributed by atoms with Crippen LogP contribution in [0.4, 0.5) is 5.69 Å². The number of anilines is 1. The second-order valence-electron chi connectivity index (χ2n) is 5.98. The Morgan fingerprint density at radius 1 is 1.16 bits per heavy atom. The number of carbonyl (C=O) groups is 1. The highest BCUT2D eigenvalue weighted by molar-refractivity contribution is 7.92. The van der Waals surface area contributed by atoms with Crippen molar-refractivity contribution in [3.05, 3.63) is 58.1 Å². The molecule has 0 saturated heterocycles. The predicted molar refractivity (Wildman–Crippen MR) is 98.6 cm³/mol. The number of carbonyl (C=O) groups excluding carboxylic acids is 1. The molecule has 2 aromatic rings. The molecule has 3 rings (SSSR count). The molecule has 1 aliphatic rings. The van der Waals surface area contributed by atoms with Crippen LogP contribution in [0.3, 0.4) is 0 Å². The number of primary amides is 1. The van der Waals surface area contributed by atoms with Gasteiger partial charge in [-0.2, -0.15) is 0 Å². The monoisotopic (exact) mass is 398 g/mol. The van der Waals surface area contributed by atoms with Crippen LogP contribution in [-0.4, -0.2) is 20.4 Å². The van der Waals surface area contributed by atoms with E-state index in [9.17, 15) is 13.2 Å². The summed E-state index contributed by atoms with van der Waals surface area (Å²) in [5.74, 6) is -0.989. The largest absolute Gasteiger partial charge is 0.369 e. The normalized spacial score (nSPS) is 20.2. The van der Waals surface area contributed by atoms with Crippen LogP contribution in [0, 0.1) is 0 Å². The fraction of sp³-hybridized carbons (Fsp3) is 0.235. The van der Waals surface area contributed by atoms with E-state index in [1.54, 1.807) is 31.2 Å². The van der Waals surface area contributed by atoms with Gasteiger partial charge in [-0.1, -0.05) is 41.4 Å². The van der Waals surface area contributed by atoms with E-state index in [1.807, 2.05) is 0 Å². The van der Waals surface area contributed by atoms with Crippen LogP contribution in [0.1, 0.15) is 24.8 Å². The van der Waals surface area contributed by atoms with E-state index in [0.717, 1.165) is 0 Å². The summed E-state index contributed by atoms with van der Waals surface area (Å²) in [4.78, 5) is 11.8. The minimum absolute atomic E-state index is 0.0427. The molecule has 0 aliphatic carbocycles. The number of halogens is 2. The first kappa shape index (κ1) is 18.0. The average molecular weight is 399 g/mol. The van der Waals surface area contributed by atoms with Gasteiger partial charge >= 0.3 is 0 Å². The van der Waals surface area contributed by atoms with E-state index >= 15 is 0 Å². The Morgan fingerprint density at radius 2 is 1.84 bits per heavy atom. The molecule has 2 unspecified atom stereocenters. The van der Waals surface area contributed by atoms with Crippen molar-refractivity contribution >= 4 is 44.8 Å². The van der Waals surface area contributed by atoms with Crippen LogP contribution in [0.2, 0.25) is 10.0 Å². The highest BCUT2D eigenvalue weighted by Crippen LogP contribution is 2.41. The molecule has 1 heterocycles. The summed E-state index contributed by atoms with van der Waals surface area (Å²) in [5.41, 5.74) is 6.57. The SMILES string of the molecule is CC1CC(C(N)=O)c2ccccc2N1S(=O)(=O)c1ccc(Cl)c(Cl)c1. The van der Waals surface area contributed by atoms with E-state index in [1.165, 1.54) is 22.5 Å². The molecule has 0 aromatic heterocycles. The number of hydrogen-bond acceptors (Lipinski definition) is 3. The van der Waals surface area contributed by atoms with Gasteiger partial charge in [0.1, 0.15) is 0 Å². The Morgan fingerprint density at radius 3 is 2.48 bits per heavy atom. The molecule has 0 bridgehead atoms. The Kier molecular flexibility index (Phi) is 4.70. The maximum absolute atomic E-state index is 13.2. The van der Waals surface area contributed by atoms with E-state index in [2.05, 4.69) is 0 Å². The topological polar surface area (TPSA) is 80.5 Å². The van der Waals surface area contributed by atoms with Crippen molar-refractivity contribution in [2.24, 2.45) is 5.73 Å². The van der Waals surface area contributed by atoms with Gasteiger partial charge in [0.05, 0.1) is 26.5 Å². The van der Waals surface area contributed by atoms with Gasteiger partial charge in [0.2, 0.25) is 5.91 Å². The zero-order valence-corrected chi connectivity index (χ0v) is 15.6. The van der Waals surface area contributed by atoms with Crippen LogP contribution >= 0.6 is 23.2 Å². The summed E-state index contributed by atoms with van der Waals surface area (Å²) in [6.45, 7) is 1.75. The first-order valence-electron chi connectivity index (χ1n) is 7.61. The molecule has 5 nitrogen and oxygen atoms in total. The lowest BCUT2D eigenvalue weighted by Crippen LogP contribution is -2.45. The molecule has 0 radical (unpaired) electrons. The second-order valence-corrected chi connectivity index (χ2v) is 8.60. The zero-order chi connectivity index (χ0) is 18.4.